The highest BCUT2D eigenvalue weighted by atomic mass is 32.1. The van der Waals surface area contributed by atoms with Crippen molar-refractivity contribution in [3.05, 3.63) is 11.7 Å². The highest BCUT2D eigenvalue weighted by Gasteiger charge is 1.96. The molecule has 1 aromatic heterocycles. The van der Waals surface area contributed by atoms with Gasteiger partial charge in [-0.1, -0.05) is 16.5 Å². The number of carbonyl (C=O) groups is 1. The van der Waals surface area contributed by atoms with Crippen LogP contribution in [0.15, 0.2) is 16.9 Å². The van der Waals surface area contributed by atoms with Gasteiger partial charge < -0.3 is 9.57 Å². The zero-order valence-electron chi connectivity index (χ0n) is 6.97. The van der Waals surface area contributed by atoms with Crippen molar-refractivity contribution >= 4 is 23.5 Å². The smallest absolute Gasteiger partial charge is 0.352 e. The Morgan fingerprint density at radius 1 is 1.85 bits per heavy atom. The molecule has 0 aliphatic carbocycles. The van der Waals surface area contributed by atoms with Crippen molar-refractivity contribution < 1.29 is 14.4 Å². The average Bonchev–Trinajstić information content (AvgIpc) is 2.57. The molecule has 70 valence electrons. The molecule has 1 heterocycles. The summed E-state index contributed by atoms with van der Waals surface area (Å²) in [6.45, 7) is 2.04. The lowest BCUT2D eigenvalue weighted by Crippen LogP contribution is -2.05. The summed E-state index contributed by atoms with van der Waals surface area (Å²) in [5, 5.41) is 3.93. The normalized spacial score (nSPS) is 10.2. The maximum absolute atomic E-state index is 10.7. The van der Waals surface area contributed by atoms with E-state index in [1.165, 1.54) is 17.5 Å². The van der Waals surface area contributed by atoms with E-state index < -0.39 is 5.97 Å². The number of hydrogen-bond acceptors (Lipinski definition) is 6. The summed E-state index contributed by atoms with van der Waals surface area (Å²) in [6, 6.07) is 0. The van der Waals surface area contributed by atoms with E-state index in [0.717, 1.165) is 6.21 Å². The van der Waals surface area contributed by atoms with Gasteiger partial charge in [-0.05, 0) is 6.92 Å². The Kier molecular flexibility index (Phi) is 3.90. The predicted octanol–water partition coefficient (Wildman–Crippen LogP) is 1.07. The van der Waals surface area contributed by atoms with E-state index >= 15 is 0 Å². The first-order valence-electron chi connectivity index (χ1n) is 3.58. The van der Waals surface area contributed by atoms with Gasteiger partial charge in [-0.2, -0.15) is 0 Å². The number of aromatic nitrogens is 1. The molecule has 0 saturated heterocycles. The molecule has 0 aliphatic heterocycles. The fourth-order valence-electron chi connectivity index (χ4n) is 0.550. The van der Waals surface area contributed by atoms with E-state index in [0.29, 0.717) is 11.7 Å². The maximum atomic E-state index is 10.7. The highest BCUT2D eigenvalue weighted by molar-refractivity contribution is 7.11. The van der Waals surface area contributed by atoms with E-state index in [4.69, 9.17) is 4.84 Å². The number of hydrogen-bond donors (Lipinski definition) is 0. The van der Waals surface area contributed by atoms with Gasteiger partial charge in [-0.25, -0.2) is 9.78 Å². The molecule has 0 aromatic carbocycles. The molecule has 0 radical (unpaired) electrons. The molecule has 13 heavy (non-hydrogen) atoms. The van der Waals surface area contributed by atoms with Gasteiger partial charge in [0.2, 0.25) is 5.06 Å². The number of rotatable bonds is 4. The summed E-state index contributed by atoms with van der Waals surface area (Å²) >= 11 is 1.29. The van der Waals surface area contributed by atoms with Crippen LogP contribution < -0.4 is 4.84 Å². The Hall–Kier alpha value is -1.43. The molecule has 1 aromatic rings. The van der Waals surface area contributed by atoms with Gasteiger partial charge in [0, 0.05) is 0 Å². The Bertz CT molecular complexity index is 284. The maximum Gasteiger partial charge on any atom is 0.352 e. The van der Waals surface area contributed by atoms with Gasteiger partial charge in [0.05, 0.1) is 18.3 Å². The quantitative estimate of drug-likeness (QED) is 0.414. The molecule has 0 atom stereocenters. The van der Waals surface area contributed by atoms with Crippen molar-refractivity contribution in [2.24, 2.45) is 5.16 Å². The number of esters is 1. The minimum absolute atomic E-state index is 0.325. The van der Waals surface area contributed by atoms with Crippen molar-refractivity contribution in [3.8, 4) is 5.06 Å². The van der Waals surface area contributed by atoms with E-state index in [1.54, 1.807) is 12.4 Å². The Balaban J connectivity index is 2.29. The van der Waals surface area contributed by atoms with Crippen molar-refractivity contribution in [3.63, 3.8) is 0 Å². The van der Waals surface area contributed by atoms with E-state index in [-0.39, 0.29) is 0 Å². The summed E-state index contributed by atoms with van der Waals surface area (Å²) in [7, 11) is 0. The van der Waals surface area contributed by atoms with Crippen molar-refractivity contribution in [1.82, 2.24) is 4.98 Å². The van der Waals surface area contributed by atoms with Gasteiger partial charge in [-0.3, -0.25) is 0 Å². The lowest BCUT2D eigenvalue weighted by molar-refractivity contribution is -0.134. The number of ether oxygens (including phenoxy) is 1. The van der Waals surface area contributed by atoms with Gasteiger partial charge in [0.25, 0.3) is 0 Å². The number of thiazole rings is 1. The topological polar surface area (TPSA) is 60.8 Å². The number of oxime groups is 1. The fraction of sp³-hybridized carbons (Fsp3) is 0.286. The second-order valence-electron chi connectivity index (χ2n) is 1.90. The van der Waals surface area contributed by atoms with Gasteiger partial charge >= 0.3 is 5.97 Å². The Labute approximate surface area is 79.0 Å². The zero-order valence-corrected chi connectivity index (χ0v) is 7.78. The third-order valence-corrected chi connectivity index (χ3v) is 1.64. The van der Waals surface area contributed by atoms with Crippen LogP contribution in [0.2, 0.25) is 0 Å². The molecule has 1 rings (SSSR count). The molecule has 0 saturated carbocycles. The molecule has 0 spiro atoms. The summed E-state index contributed by atoms with van der Waals surface area (Å²) in [4.78, 5) is 19.3. The van der Waals surface area contributed by atoms with Crippen LogP contribution in [0.3, 0.4) is 0 Å². The van der Waals surface area contributed by atoms with Crippen molar-refractivity contribution in [1.29, 1.82) is 0 Å². The van der Waals surface area contributed by atoms with Gasteiger partial charge in [-0.15, -0.1) is 0 Å². The molecular formula is C7H8N2O3S. The summed E-state index contributed by atoms with van der Waals surface area (Å²) < 4.78 is 4.58. The second kappa shape index (κ2) is 5.26. The summed E-state index contributed by atoms with van der Waals surface area (Å²) in [5.74, 6) is -0.521. The van der Waals surface area contributed by atoms with Crippen LogP contribution in [0, 0.1) is 0 Å². The summed E-state index contributed by atoms with van der Waals surface area (Å²) in [6.07, 6.45) is 2.48. The fourth-order valence-corrected chi connectivity index (χ4v) is 0.983. The number of carbonyl (C=O) groups excluding carboxylic acids is 1. The minimum Gasteiger partial charge on any atom is -0.462 e. The molecule has 0 amide bonds. The largest absolute Gasteiger partial charge is 0.462 e. The van der Waals surface area contributed by atoms with E-state index in [2.05, 4.69) is 14.9 Å². The van der Waals surface area contributed by atoms with Crippen LogP contribution in [0.1, 0.15) is 6.92 Å². The third kappa shape index (κ3) is 3.66. The predicted molar refractivity (Wildman–Crippen MR) is 47.9 cm³/mol. The SMILES string of the molecule is CCOC(=O)C=NOc1cncs1. The Morgan fingerprint density at radius 3 is 3.31 bits per heavy atom. The minimum atomic E-state index is -0.521. The lowest BCUT2D eigenvalue weighted by Gasteiger charge is -1.93. The van der Waals surface area contributed by atoms with Gasteiger partial charge in [0.1, 0.15) is 0 Å². The molecular weight excluding hydrogens is 192 g/mol. The zero-order chi connectivity index (χ0) is 9.52. The molecule has 0 bridgehead atoms. The first-order chi connectivity index (χ1) is 6.33. The highest BCUT2D eigenvalue weighted by Crippen LogP contribution is 2.15. The first-order valence-corrected chi connectivity index (χ1v) is 4.46. The molecule has 0 aliphatic rings. The van der Waals surface area contributed by atoms with Crippen LogP contribution in [0.4, 0.5) is 0 Å². The van der Waals surface area contributed by atoms with Crippen molar-refractivity contribution in [2.45, 2.75) is 6.92 Å². The monoisotopic (exact) mass is 200 g/mol. The summed E-state index contributed by atoms with van der Waals surface area (Å²) in [5.41, 5.74) is 1.61. The Morgan fingerprint density at radius 2 is 2.69 bits per heavy atom. The third-order valence-electron chi connectivity index (χ3n) is 0.997. The lowest BCUT2D eigenvalue weighted by atomic mass is 10.7. The van der Waals surface area contributed by atoms with E-state index in [9.17, 15) is 4.79 Å². The second-order valence-corrected chi connectivity index (χ2v) is 2.75. The molecule has 0 fully saturated rings. The first kappa shape index (κ1) is 9.66. The average molecular weight is 200 g/mol. The molecule has 0 N–H and O–H groups in total. The van der Waals surface area contributed by atoms with Crippen LogP contribution in [-0.4, -0.2) is 23.8 Å². The molecule has 0 unspecified atom stereocenters. The number of nitrogens with zero attached hydrogens (tertiary/aromatic N) is 2. The van der Waals surface area contributed by atoms with Gasteiger partial charge in [0.15, 0.2) is 6.21 Å². The van der Waals surface area contributed by atoms with Crippen LogP contribution >= 0.6 is 11.3 Å². The molecule has 6 heteroatoms. The van der Waals surface area contributed by atoms with Crippen LogP contribution in [0.25, 0.3) is 0 Å². The standard InChI is InChI=1S/C7H8N2O3S/c1-2-11-6(10)3-9-12-7-4-8-5-13-7/h3-5H,2H2,1H3. The molecule has 5 nitrogen and oxygen atoms in total. The van der Waals surface area contributed by atoms with Crippen molar-refractivity contribution in [2.75, 3.05) is 6.61 Å². The van der Waals surface area contributed by atoms with E-state index in [1.807, 2.05) is 0 Å². The van der Waals surface area contributed by atoms with Crippen LogP contribution in [0.5, 0.6) is 5.06 Å². The van der Waals surface area contributed by atoms with Crippen LogP contribution in [-0.2, 0) is 9.53 Å².